The van der Waals surface area contributed by atoms with Gasteiger partial charge in [-0.3, -0.25) is 0 Å². The van der Waals surface area contributed by atoms with Gasteiger partial charge in [0.05, 0.1) is 6.54 Å². The quantitative estimate of drug-likeness (QED) is 0.268. The second kappa shape index (κ2) is 6.36. The summed E-state index contributed by atoms with van der Waals surface area (Å²) >= 11 is 6.15. The summed E-state index contributed by atoms with van der Waals surface area (Å²) in [5.74, 6) is 0.563. The molecule has 0 aromatic rings. The first-order valence-corrected chi connectivity index (χ1v) is 5.43. The van der Waals surface area contributed by atoms with Crippen molar-refractivity contribution in [3.8, 4) is 0 Å². The van der Waals surface area contributed by atoms with E-state index >= 15 is 0 Å². The van der Waals surface area contributed by atoms with Crippen LogP contribution in [-0.4, -0.2) is 11.5 Å². The van der Waals surface area contributed by atoms with E-state index in [0.29, 0.717) is 5.92 Å². The SMILES string of the molecule is CCCC/N=N/C(C)(Cl)CC(C)C. The molecule has 0 heterocycles. The van der Waals surface area contributed by atoms with Crippen LogP contribution < -0.4 is 0 Å². The number of unbranched alkanes of at least 4 members (excludes halogenated alkanes) is 1. The highest BCUT2D eigenvalue weighted by molar-refractivity contribution is 6.23. The van der Waals surface area contributed by atoms with Gasteiger partial charge in [-0.1, -0.05) is 38.8 Å². The summed E-state index contributed by atoms with van der Waals surface area (Å²) in [7, 11) is 0. The number of rotatable bonds is 6. The van der Waals surface area contributed by atoms with Crippen LogP contribution in [0.4, 0.5) is 0 Å². The molecule has 78 valence electrons. The monoisotopic (exact) mass is 204 g/mol. The fraction of sp³-hybridized carbons (Fsp3) is 1.00. The topological polar surface area (TPSA) is 24.7 Å². The van der Waals surface area contributed by atoms with Crippen molar-refractivity contribution in [2.75, 3.05) is 6.54 Å². The van der Waals surface area contributed by atoms with E-state index in [2.05, 4.69) is 31.0 Å². The highest BCUT2D eigenvalue weighted by Crippen LogP contribution is 2.25. The molecule has 0 radical (unpaired) electrons. The molecule has 13 heavy (non-hydrogen) atoms. The third-order valence-corrected chi connectivity index (χ3v) is 1.90. The third kappa shape index (κ3) is 8.23. The van der Waals surface area contributed by atoms with Crippen molar-refractivity contribution in [3.63, 3.8) is 0 Å². The van der Waals surface area contributed by atoms with Gasteiger partial charge in [0.1, 0.15) is 0 Å². The van der Waals surface area contributed by atoms with Crippen LogP contribution in [0.2, 0.25) is 0 Å². The van der Waals surface area contributed by atoms with Crippen LogP contribution in [0.15, 0.2) is 10.2 Å². The van der Waals surface area contributed by atoms with E-state index in [0.717, 1.165) is 25.8 Å². The molecule has 1 unspecified atom stereocenters. The van der Waals surface area contributed by atoms with Crippen molar-refractivity contribution in [1.29, 1.82) is 0 Å². The second-order valence-corrected chi connectivity index (χ2v) is 4.87. The first-order valence-electron chi connectivity index (χ1n) is 5.05. The molecule has 2 nitrogen and oxygen atoms in total. The maximum absolute atomic E-state index is 6.15. The molecule has 0 N–H and O–H groups in total. The Hall–Kier alpha value is -0.110. The van der Waals surface area contributed by atoms with Gasteiger partial charge in [-0.05, 0) is 25.7 Å². The molecule has 3 heteroatoms. The van der Waals surface area contributed by atoms with Crippen molar-refractivity contribution >= 4 is 11.6 Å². The highest BCUT2D eigenvalue weighted by Gasteiger charge is 2.20. The Kier molecular flexibility index (Phi) is 6.31. The van der Waals surface area contributed by atoms with Crippen molar-refractivity contribution < 1.29 is 0 Å². The molecule has 1 atom stereocenters. The number of alkyl halides is 1. The van der Waals surface area contributed by atoms with Crippen molar-refractivity contribution in [1.82, 2.24) is 0 Å². The zero-order valence-electron chi connectivity index (χ0n) is 9.18. The third-order valence-electron chi connectivity index (χ3n) is 1.67. The standard InChI is InChI=1S/C10H21ClN2/c1-5-6-7-12-13-10(4,11)8-9(2)3/h9H,5-8H2,1-4H3/b13-12+. The summed E-state index contributed by atoms with van der Waals surface area (Å²) < 4.78 is 0. The zero-order valence-corrected chi connectivity index (χ0v) is 9.93. The van der Waals surface area contributed by atoms with Gasteiger partial charge in [0.15, 0.2) is 5.00 Å². The van der Waals surface area contributed by atoms with Crippen LogP contribution in [0.1, 0.15) is 47.0 Å². The number of hydrogen-bond donors (Lipinski definition) is 0. The fourth-order valence-electron chi connectivity index (χ4n) is 1.21. The van der Waals surface area contributed by atoms with Crippen molar-refractivity contribution in [3.05, 3.63) is 0 Å². The number of azo groups is 1. The molecule has 0 aliphatic heterocycles. The maximum atomic E-state index is 6.15. The van der Waals surface area contributed by atoms with E-state index in [4.69, 9.17) is 11.6 Å². The van der Waals surface area contributed by atoms with Gasteiger partial charge < -0.3 is 0 Å². The molecule has 0 bridgehead atoms. The summed E-state index contributed by atoms with van der Waals surface area (Å²) in [5.41, 5.74) is 0. The molecule has 0 spiro atoms. The molecule has 0 aliphatic rings. The molecule has 0 fully saturated rings. The lowest BCUT2D eigenvalue weighted by Gasteiger charge is -2.17. The minimum atomic E-state index is -0.498. The lowest BCUT2D eigenvalue weighted by molar-refractivity contribution is 0.462. The fourth-order valence-corrected chi connectivity index (χ4v) is 1.57. The van der Waals surface area contributed by atoms with E-state index in [9.17, 15) is 0 Å². The lowest BCUT2D eigenvalue weighted by Crippen LogP contribution is -2.15. The van der Waals surface area contributed by atoms with Gasteiger partial charge in [-0.15, -0.1) is 0 Å². The number of hydrogen-bond acceptors (Lipinski definition) is 2. The Bertz CT molecular complexity index is 153. The van der Waals surface area contributed by atoms with Gasteiger partial charge in [0, 0.05) is 0 Å². The molecular formula is C10H21ClN2. The van der Waals surface area contributed by atoms with Gasteiger partial charge in [-0.25, -0.2) is 0 Å². The Morgan fingerprint density at radius 2 is 2.00 bits per heavy atom. The smallest absolute Gasteiger partial charge is 0.152 e. The second-order valence-electron chi connectivity index (χ2n) is 4.06. The maximum Gasteiger partial charge on any atom is 0.152 e. The van der Waals surface area contributed by atoms with E-state index < -0.39 is 5.00 Å². The van der Waals surface area contributed by atoms with E-state index in [-0.39, 0.29) is 0 Å². The summed E-state index contributed by atoms with van der Waals surface area (Å²) in [6.45, 7) is 9.15. The molecular weight excluding hydrogens is 184 g/mol. The first-order chi connectivity index (χ1) is 5.98. The van der Waals surface area contributed by atoms with Gasteiger partial charge in [-0.2, -0.15) is 10.2 Å². The van der Waals surface area contributed by atoms with Crippen LogP contribution in [0.25, 0.3) is 0 Å². The van der Waals surface area contributed by atoms with E-state index in [1.165, 1.54) is 0 Å². The summed E-state index contributed by atoms with van der Waals surface area (Å²) in [5, 5.41) is 8.20. The molecule has 0 saturated heterocycles. The van der Waals surface area contributed by atoms with Crippen LogP contribution in [0.5, 0.6) is 0 Å². The van der Waals surface area contributed by atoms with Gasteiger partial charge in [0.2, 0.25) is 0 Å². The van der Waals surface area contributed by atoms with Crippen LogP contribution in [-0.2, 0) is 0 Å². The predicted molar refractivity (Wildman–Crippen MR) is 58.3 cm³/mol. The van der Waals surface area contributed by atoms with Crippen molar-refractivity contribution in [2.24, 2.45) is 16.1 Å². The number of halogens is 1. The average Bonchev–Trinajstić information content (AvgIpc) is 1.95. The highest BCUT2D eigenvalue weighted by atomic mass is 35.5. The van der Waals surface area contributed by atoms with Gasteiger partial charge >= 0.3 is 0 Å². The lowest BCUT2D eigenvalue weighted by atomic mass is 10.1. The van der Waals surface area contributed by atoms with E-state index in [1.807, 2.05) is 6.92 Å². The molecule has 0 amide bonds. The normalized spacial score (nSPS) is 16.8. The summed E-state index contributed by atoms with van der Waals surface area (Å²) in [6.07, 6.45) is 3.13. The molecule has 0 rings (SSSR count). The molecule has 0 aromatic carbocycles. The Morgan fingerprint density at radius 3 is 2.46 bits per heavy atom. The largest absolute Gasteiger partial charge is 0.192 e. The average molecular weight is 205 g/mol. The summed E-state index contributed by atoms with van der Waals surface area (Å²) in [6, 6.07) is 0. The molecule has 0 aliphatic carbocycles. The van der Waals surface area contributed by atoms with Crippen LogP contribution >= 0.6 is 11.6 Å². The Labute approximate surface area is 86.8 Å². The van der Waals surface area contributed by atoms with Crippen molar-refractivity contribution in [2.45, 2.75) is 52.0 Å². The minimum Gasteiger partial charge on any atom is -0.192 e. The van der Waals surface area contributed by atoms with Gasteiger partial charge in [0.25, 0.3) is 0 Å². The minimum absolute atomic E-state index is 0.498. The van der Waals surface area contributed by atoms with E-state index in [1.54, 1.807) is 0 Å². The van der Waals surface area contributed by atoms with Crippen LogP contribution in [0.3, 0.4) is 0 Å². The zero-order chi connectivity index (χ0) is 10.3. The van der Waals surface area contributed by atoms with Crippen LogP contribution in [0, 0.1) is 5.92 Å². The molecule has 0 saturated carbocycles. The Morgan fingerprint density at radius 1 is 1.38 bits per heavy atom. The molecule has 0 aromatic heterocycles. The summed E-state index contributed by atoms with van der Waals surface area (Å²) in [4.78, 5) is -0.498. The Balaban J connectivity index is 3.79. The predicted octanol–water partition coefficient (Wildman–Crippen LogP) is 4.24. The first kappa shape index (κ1) is 12.9. The number of nitrogens with zero attached hydrogens (tertiary/aromatic N) is 2.